The van der Waals surface area contributed by atoms with Crippen LogP contribution in [0.5, 0.6) is 0 Å². The molecule has 0 fully saturated rings. The van der Waals surface area contributed by atoms with Crippen LogP contribution in [0.4, 0.5) is 11.4 Å². The quantitative estimate of drug-likeness (QED) is 0.100. The molecule has 5 aromatic rings. The van der Waals surface area contributed by atoms with Crippen LogP contribution in [0.3, 0.4) is 0 Å². The third kappa shape index (κ3) is 8.84. The number of carbonyl (C=O) groups is 3. The number of rotatable bonds is 10. The Kier molecular flexibility index (Phi) is 11.4. The maximum absolute atomic E-state index is 13.6. The minimum absolute atomic E-state index is 0.0515. The Hall–Kier alpha value is -4.53. The third-order valence-corrected chi connectivity index (χ3v) is 9.38. The van der Waals surface area contributed by atoms with Gasteiger partial charge in [-0.3, -0.25) is 14.4 Å². The Morgan fingerprint density at radius 3 is 1.94 bits per heavy atom. The van der Waals surface area contributed by atoms with Crippen LogP contribution in [0.2, 0.25) is 15.1 Å². The number of nitrogens with one attached hydrogen (secondary N) is 3. The summed E-state index contributed by atoms with van der Waals surface area (Å²) in [4.78, 5) is 40.9. The van der Waals surface area contributed by atoms with Crippen molar-refractivity contribution in [2.24, 2.45) is 0 Å². The Morgan fingerprint density at radius 1 is 0.681 bits per heavy atom. The molecule has 1 unspecified atom stereocenters. The van der Waals surface area contributed by atoms with Gasteiger partial charge in [0.25, 0.3) is 11.8 Å². The summed E-state index contributed by atoms with van der Waals surface area (Å²) in [6, 6.07) is 35.4. The van der Waals surface area contributed by atoms with Crippen LogP contribution in [0.1, 0.15) is 32.3 Å². The molecule has 0 aliphatic rings. The molecular weight excluding hydrogens is 673 g/mol. The number of carbonyl (C=O) groups excluding carboxylic acids is 3. The van der Waals surface area contributed by atoms with E-state index in [2.05, 4.69) is 16.0 Å². The topological polar surface area (TPSA) is 87.3 Å². The van der Waals surface area contributed by atoms with E-state index in [-0.39, 0.29) is 11.6 Å². The standard InChI is InChI=1S/C37H28Cl3N3O3S/c1-23-29(38)14-9-17-32(23)42-37(46)34(24-10-4-2-5-11-24)47-27-20-18-26(19-21-27)41-36(45)33(22-28-30(39)15-8-16-31(28)40)43-35(44)25-12-6-3-7-13-25/h2-22,34H,1H3,(H,41,45)(H,42,46)(H,43,44)/b33-22-. The fourth-order valence-corrected chi connectivity index (χ4v) is 6.23. The minimum atomic E-state index is -0.580. The fraction of sp³-hybridized carbons (Fsp3) is 0.0541. The first-order valence-electron chi connectivity index (χ1n) is 14.4. The van der Waals surface area contributed by atoms with Gasteiger partial charge in [0, 0.05) is 42.5 Å². The molecule has 47 heavy (non-hydrogen) atoms. The summed E-state index contributed by atoms with van der Waals surface area (Å²) in [6.07, 6.45) is 1.44. The summed E-state index contributed by atoms with van der Waals surface area (Å²) in [5, 5.41) is 9.17. The van der Waals surface area contributed by atoms with Crippen LogP contribution < -0.4 is 16.0 Å². The number of halogens is 3. The first kappa shape index (κ1) is 33.8. The van der Waals surface area contributed by atoms with Crippen LogP contribution >= 0.6 is 46.6 Å². The van der Waals surface area contributed by atoms with Crippen LogP contribution in [0, 0.1) is 6.92 Å². The first-order chi connectivity index (χ1) is 22.7. The van der Waals surface area contributed by atoms with E-state index < -0.39 is 17.1 Å². The van der Waals surface area contributed by atoms with Crippen LogP contribution in [0.15, 0.2) is 132 Å². The monoisotopic (exact) mass is 699 g/mol. The normalized spacial score (nSPS) is 11.8. The van der Waals surface area contributed by atoms with Gasteiger partial charge < -0.3 is 16.0 Å². The molecule has 3 amide bonds. The molecule has 3 N–H and O–H groups in total. The highest BCUT2D eigenvalue weighted by Gasteiger charge is 2.23. The molecular formula is C37H28Cl3N3O3S. The lowest BCUT2D eigenvalue weighted by atomic mass is 10.1. The van der Waals surface area contributed by atoms with Gasteiger partial charge in [-0.1, -0.05) is 95.5 Å². The van der Waals surface area contributed by atoms with E-state index in [1.165, 1.54) is 17.8 Å². The fourth-order valence-electron chi connectivity index (χ4n) is 4.53. The van der Waals surface area contributed by atoms with Gasteiger partial charge in [0.1, 0.15) is 10.9 Å². The average Bonchev–Trinajstić information content (AvgIpc) is 3.08. The molecule has 5 rings (SSSR count). The SMILES string of the molecule is Cc1c(Cl)cccc1NC(=O)C(Sc1ccc(NC(=O)/C(=C/c2c(Cl)cccc2Cl)NC(=O)c2ccccc2)cc1)c1ccccc1. The van der Waals surface area contributed by atoms with Crippen molar-refractivity contribution in [1.82, 2.24) is 5.32 Å². The summed E-state index contributed by atoms with van der Waals surface area (Å²) >= 11 is 20.4. The largest absolute Gasteiger partial charge is 0.325 e. The number of benzene rings is 5. The zero-order chi connectivity index (χ0) is 33.3. The van der Waals surface area contributed by atoms with Gasteiger partial charge in [-0.2, -0.15) is 0 Å². The molecule has 0 bridgehead atoms. The van der Waals surface area contributed by atoms with Gasteiger partial charge in [0.2, 0.25) is 5.91 Å². The van der Waals surface area contributed by atoms with Gasteiger partial charge in [0.15, 0.2) is 0 Å². The molecule has 0 saturated carbocycles. The summed E-state index contributed by atoms with van der Waals surface area (Å²) in [5.74, 6) is -1.25. The van der Waals surface area contributed by atoms with Gasteiger partial charge >= 0.3 is 0 Å². The van der Waals surface area contributed by atoms with E-state index in [9.17, 15) is 14.4 Å². The molecule has 0 radical (unpaired) electrons. The third-order valence-electron chi connectivity index (χ3n) is 7.05. The zero-order valence-electron chi connectivity index (χ0n) is 25.0. The van der Waals surface area contributed by atoms with Crippen molar-refractivity contribution in [3.63, 3.8) is 0 Å². The second-order valence-corrected chi connectivity index (χ2v) is 12.7. The molecule has 0 saturated heterocycles. The molecule has 0 heterocycles. The van der Waals surface area contributed by atoms with E-state index in [0.29, 0.717) is 37.6 Å². The average molecular weight is 701 g/mol. The van der Waals surface area contributed by atoms with Gasteiger partial charge in [-0.25, -0.2) is 0 Å². The molecule has 0 spiro atoms. The Balaban J connectivity index is 1.35. The lowest BCUT2D eigenvalue weighted by Gasteiger charge is -2.18. The minimum Gasteiger partial charge on any atom is -0.325 e. The summed E-state index contributed by atoms with van der Waals surface area (Å²) in [7, 11) is 0. The van der Waals surface area contributed by atoms with Crippen molar-refractivity contribution in [3.8, 4) is 0 Å². The highest BCUT2D eigenvalue weighted by molar-refractivity contribution is 8.00. The highest BCUT2D eigenvalue weighted by Crippen LogP contribution is 2.37. The van der Waals surface area contributed by atoms with E-state index in [0.717, 1.165) is 16.0 Å². The molecule has 0 aliphatic heterocycles. The zero-order valence-corrected chi connectivity index (χ0v) is 28.1. The second kappa shape index (κ2) is 15.8. The van der Waals surface area contributed by atoms with E-state index in [4.69, 9.17) is 34.8 Å². The van der Waals surface area contributed by atoms with E-state index >= 15 is 0 Å². The van der Waals surface area contributed by atoms with Crippen molar-refractivity contribution in [2.75, 3.05) is 10.6 Å². The van der Waals surface area contributed by atoms with Crippen LogP contribution in [0.25, 0.3) is 6.08 Å². The Bertz CT molecular complexity index is 1920. The molecule has 0 aromatic heterocycles. The predicted molar refractivity (Wildman–Crippen MR) is 193 cm³/mol. The number of hydrogen-bond acceptors (Lipinski definition) is 4. The molecule has 10 heteroatoms. The number of amides is 3. The molecule has 0 aliphatic carbocycles. The van der Waals surface area contributed by atoms with Crippen LogP contribution in [-0.2, 0) is 9.59 Å². The molecule has 5 aromatic carbocycles. The van der Waals surface area contributed by atoms with Crippen molar-refractivity contribution in [3.05, 3.63) is 164 Å². The molecule has 236 valence electrons. The van der Waals surface area contributed by atoms with Crippen molar-refractivity contribution in [2.45, 2.75) is 17.1 Å². The Labute approximate surface area is 292 Å². The molecule has 6 nitrogen and oxygen atoms in total. The maximum atomic E-state index is 13.6. The first-order valence-corrected chi connectivity index (χ1v) is 16.4. The van der Waals surface area contributed by atoms with Gasteiger partial charge in [0.05, 0.1) is 0 Å². The summed E-state index contributed by atoms with van der Waals surface area (Å²) in [6.45, 7) is 1.85. The maximum Gasteiger partial charge on any atom is 0.272 e. The highest BCUT2D eigenvalue weighted by atomic mass is 35.5. The summed E-state index contributed by atoms with van der Waals surface area (Å²) in [5.41, 5.74) is 3.44. The number of hydrogen-bond donors (Lipinski definition) is 3. The van der Waals surface area contributed by atoms with Gasteiger partial charge in [-0.15, -0.1) is 11.8 Å². The lowest BCUT2D eigenvalue weighted by Crippen LogP contribution is -2.30. The van der Waals surface area contributed by atoms with Crippen molar-refractivity contribution < 1.29 is 14.4 Å². The number of thioether (sulfide) groups is 1. The lowest BCUT2D eigenvalue weighted by molar-refractivity contribution is -0.116. The van der Waals surface area contributed by atoms with Crippen molar-refractivity contribution >= 4 is 81.7 Å². The van der Waals surface area contributed by atoms with Crippen LogP contribution in [-0.4, -0.2) is 17.7 Å². The predicted octanol–water partition coefficient (Wildman–Crippen LogP) is 9.84. The van der Waals surface area contributed by atoms with Gasteiger partial charge in [-0.05, 0) is 84.8 Å². The summed E-state index contributed by atoms with van der Waals surface area (Å²) < 4.78 is 0. The van der Waals surface area contributed by atoms with E-state index in [1.807, 2.05) is 55.5 Å². The van der Waals surface area contributed by atoms with E-state index in [1.54, 1.807) is 72.8 Å². The second-order valence-electron chi connectivity index (χ2n) is 10.3. The smallest absolute Gasteiger partial charge is 0.272 e. The molecule has 1 atom stereocenters. The number of anilines is 2. The Morgan fingerprint density at radius 2 is 1.28 bits per heavy atom. The van der Waals surface area contributed by atoms with Crippen molar-refractivity contribution in [1.29, 1.82) is 0 Å².